The van der Waals surface area contributed by atoms with Gasteiger partial charge in [0.15, 0.2) is 5.78 Å². The molecule has 0 aromatic carbocycles. The van der Waals surface area contributed by atoms with Gasteiger partial charge < -0.3 is 30.3 Å². The lowest BCUT2D eigenvalue weighted by atomic mass is 9.65. The van der Waals surface area contributed by atoms with Gasteiger partial charge in [0.05, 0.1) is 29.9 Å². The minimum Gasteiger partial charge on any atom is -0.444 e. The number of nitrogens with one attached hydrogen (secondary N) is 3. The molecule has 9 unspecified atom stereocenters. The van der Waals surface area contributed by atoms with Crippen molar-refractivity contribution >= 4 is 17.8 Å². The van der Waals surface area contributed by atoms with E-state index in [9.17, 15) is 14.4 Å². The van der Waals surface area contributed by atoms with E-state index in [0.717, 1.165) is 58.0 Å². The molecule has 10 heteroatoms. The number of carbonyl (C=O) groups excluding carboxylic acids is 3. The summed E-state index contributed by atoms with van der Waals surface area (Å²) < 4.78 is 12.8. The average molecular weight is 668 g/mol. The number of carbonyl (C=O) groups is 3. The lowest BCUT2D eigenvalue weighted by Gasteiger charge is -2.61. The van der Waals surface area contributed by atoms with Gasteiger partial charge in [0.25, 0.3) is 5.91 Å². The van der Waals surface area contributed by atoms with Crippen LogP contribution in [0.2, 0.25) is 0 Å². The fourth-order valence-electron chi connectivity index (χ4n) is 11.2. The number of morpholine rings is 1. The predicted octanol–water partition coefficient (Wildman–Crippen LogP) is 4.66. The smallest absolute Gasteiger partial charge is 0.407 e. The van der Waals surface area contributed by atoms with Crippen molar-refractivity contribution in [3.63, 3.8) is 0 Å². The minimum absolute atomic E-state index is 0.00572. The fraction of sp³-hybridized carbons (Fsp3) is 0.868. The number of piperidine rings is 1. The van der Waals surface area contributed by atoms with Crippen LogP contribution in [-0.4, -0.2) is 99.8 Å². The molecule has 10 nitrogen and oxygen atoms in total. The Morgan fingerprint density at radius 1 is 0.917 bits per heavy atom. The molecule has 48 heavy (non-hydrogen) atoms. The van der Waals surface area contributed by atoms with Crippen molar-refractivity contribution in [1.29, 1.82) is 0 Å². The van der Waals surface area contributed by atoms with Crippen LogP contribution in [0.1, 0.15) is 119 Å². The maximum atomic E-state index is 14.3. The van der Waals surface area contributed by atoms with Gasteiger partial charge in [-0.1, -0.05) is 25.7 Å². The first-order valence-corrected chi connectivity index (χ1v) is 19.1. The second-order valence-electron chi connectivity index (χ2n) is 18.7. The number of nitrogens with zero attached hydrogens (tertiary/aromatic N) is 2. The second kappa shape index (κ2) is 12.6. The summed E-state index contributed by atoms with van der Waals surface area (Å²) in [6, 6.07) is 0.324. The molecule has 0 aromatic heterocycles. The van der Waals surface area contributed by atoms with Crippen molar-refractivity contribution < 1.29 is 23.9 Å². The van der Waals surface area contributed by atoms with Crippen LogP contribution >= 0.6 is 0 Å². The molecule has 9 atom stereocenters. The van der Waals surface area contributed by atoms with Crippen LogP contribution in [0.3, 0.4) is 0 Å². The maximum Gasteiger partial charge on any atom is 0.407 e. The monoisotopic (exact) mass is 667 g/mol. The number of alkyl carbamates (subject to hydrolysis) is 1. The summed E-state index contributed by atoms with van der Waals surface area (Å²) >= 11 is 0. The van der Waals surface area contributed by atoms with Crippen LogP contribution in [-0.2, 0) is 19.1 Å². The molecule has 0 aromatic rings. The molecule has 4 heterocycles. The third kappa shape index (κ3) is 6.91. The van der Waals surface area contributed by atoms with E-state index in [1.807, 2.05) is 27.0 Å². The molecule has 0 spiro atoms. The summed E-state index contributed by atoms with van der Waals surface area (Å²) in [5.74, 6) is 0.929. The first kappa shape index (κ1) is 34.3. The molecule has 3 saturated heterocycles. The van der Waals surface area contributed by atoms with Crippen molar-refractivity contribution in [3.05, 3.63) is 11.8 Å². The number of fused-ring (bicyclic) bond motifs is 3. The average Bonchev–Trinajstić information content (AvgIpc) is 3.42. The minimum atomic E-state index is -0.536. The highest BCUT2D eigenvalue weighted by Gasteiger charge is 2.58. The normalized spacial score (nSPS) is 39.4. The van der Waals surface area contributed by atoms with Crippen LogP contribution in [0.5, 0.6) is 0 Å². The molecule has 7 aliphatic rings. The van der Waals surface area contributed by atoms with Gasteiger partial charge in [0, 0.05) is 54.4 Å². The number of hydrogen-bond acceptors (Lipinski definition) is 8. The van der Waals surface area contributed by atoms with E-state index in [-0.39, 0.29) is 77.2 Å². The summed E-state index contributed by atoms with van der Waals surface area (Å²) in [7, 11) is 0. The van der Waals surface area contributed by atoms with Crippen molar-refractivity contribution in [3.8, 4) is 0 Å². The van der Waals surface area contributed by atoms with Gasteiger partial charge in [-0.05, 0) is 105 Å². The molecule has 0 bridgehead atoms. The van der Waals surface area contributed by atoms with Gasteiger partial charge in [-0.3, -0.25) is 14.5 Å². The summed E-state index contributed by atoms with van der Waals surface area (Å²) in [4.78, 5) is 46.0. The number of Topliss-reactive ketones (excluding diaryl/α,β-unsaturated/α-hetero) is 1. The zero-order valence-electron chi connectivity index (χ0n) is 30.5. The summed E-state index contributed by atoms with van der Waals surface area (Å²) in [6.07, 6.45) is 13.0. The highest BCUT2D eigenvalue weighted by Crippen LogP contribution is 2.50. The van der Waals surface area contributed by atoms with Gasteiger partial charge >= 0.3 is 6.09 Å². The van der Waals surface area contributed by atoms with Crippen LogP contribution in [0, 0.1) is 17.8 Å². The standard InChI is InChI=1S/C38H61N5O5/c1-36(2,3)48-35(46)40-24-14-15-42(20-24)28-13-12-26-31-33(28)47-30-17-23-11-9-8-10-22(23)16-29(30)43(31)21-27(32(26)44)34(45)39-25-18-37(4,5)41-38(6,7)19-25/h21-26,28-31,33,41H,8-20H2,1-7H3,(H,39,45)(H,40,46). The highest BCUT2D eigenvalue weighted by molar-refractivity contribution is 6.20. The van der Waals surface area contributed by atoms with E-state index in [2.05, 4.69) is 53.4 Å². The van der Waals surface area contributed by atoms with Crippen molar-refractivity contribution in [1.82, 2.24) is 25.8 Å². The van der Waals surface area contributed by atoms with E-state index in [0.29, 0.717) is 17.4 Å². The van der Waals surface area contributed by atoms with Crippen LogP contribution < -0.4 is 16.0 Å². The highest BCUT2D eigenvalue weighted by atomic mass is 16.6. The van der Waals surface area contributed by atoms with Crippen LogP contribution in [0.25, 0.3) is 0 Å². The first-order chi connectivity index (χ1) is 22.6. The molecule has 268 valence electrons. The quantitative estimate of drug-likeness (QED) is 0.372. The molecule has 7 rings (SSSR count). The zero-order chi connectivity index (χ0) is 34.2. The van der Waals surface area contributed by atoms with Gasteiger partial charge in [0.2, 0.25) is 0 Å². The number of hydrogen-bond donors (Lipinski definition) is 3. The Balaban J connectivity index is 1.13. The molecule has 3 aliphatic carbocycles. The van der Waals surface area contributed by atoms with E-state index in [1.165, 1.54) is 25.7 Å². The lowest BCUT2D eigenvalue weighted by molar-refractivity contribution is -0.210. The Hall–Kier alpha value is -2.17. The second-order valence-corrected chi connectivity index (χ2v) is 18.7. The van der Waals surface area contributed by atoms with Crippen LogP contribution in [0.4, 0.5) is 4.79 Å². The Kier molecular flexibility index (Phi) is 8.97. The topological polar surface area (TPSA) is 112 Å². The third-order valence-electron chi connectivity index (χ3n) is 12.6. The predicted molar refractivity (Wildman–Crippen MR) is 184 cm³/mol. The Bertz CT molecular complexity index is 1290. The van der Waals surface area contributed by atoms with E-state index in [4.69, 9.17) is 9.47 Å². The van der Waals surface area contributed by atoms with Gasteiger partial charge in [-0.2, -0.15) is 0 Å². The molecule has 0 radical (unpaired) electrons. The van der Waals surface area contributed by atoms with Gasteiger partial charge in [0.1, 0.15) is 5.60 Å². The Morgan fingerprint density at radius 2 is 1.60 bits per heavy atom. The van der Waals surface area contributed by atoms with Crippen molar-refractivity contribution in [2.45, 2.75) is 178 Å². The Labute approximate surface area is 287 Å². The molecule has 4 aliphatic heterocycles. The zero-order valence-corrected chi connectivity index (χ0v) is 30.5. The lowest BCUT2D eigenvalue weighted by Crippen LogP contribution is -2.71. The summed E-state index contributed by atoms with van der Waals surface area (Å²) in [5, 5.41) is 10.1. The van der Waals surface area contributed by atoms with Crippen molar-refractivity contribution in [2.75, 3.05) is 13.1 Å². The first-order valence-electron chi connectivity index (χ1n) is 19.1. The molecule has 2 amide bonds. The molecule has 3 N–H and O–H groups in total. The van der Waals surface area contributed by atoms with Gasteiger partial charge in [-0.25, -0.2) is 4.79 Å². The van der Waals surface area contributed by atoms with Crippen LogP contribution in [0.15, 0.2) is 11.8 Å². The summed E-state index contributed by atoms with van der Waals surface area (Å²) in [6.45, 7) is 16.0. The van der Waals surface area contributed by atoms with E-state index in [1.54, 1.807) is 0 Å². The third-order valence-corrected chi connectivity index (χ3v) is 12.6. The number of amides is 2. The van der Waals surface area contributed by atoms with Gasteiger partial charge in [-0.15, -0.1) is 0 Å². The maximum absolute atomic E-state index is 14.3. The molecule has 3 saturated carbocycles. The molecular weight excluding hydrogens is 606 g/mol. The molecule has 6 fully saturated rings. The number of ketones is 1. The van der Waals surface area contributed by atoms with Crippen molar-refractivity contribution in [2.24, 2.45) is 17.8 Å². The van der Waals surface area contributed by atoms with E-state index < -0.39 is 5.60 Å². The molecular formula is C38H61N5O5. The SMILES string of the molecule is CC1(C)CC(NC(=O)C2=CN3C4CC5CCCCC5CC4OC4C(N5CCC(NC(=O)OC(C)(C)C)C5)CCC(C2=O)C43)CC(C)(C)N1. The number of ether oxygens (including phenoxy) is 2. The van der Waals surface area contributed by atoms with E-state index >= 15 is 0 Å². The largest absolute Gasteiger partial charge is 0.444 e. The Morgan fingerprint density at radius 3 is 2.29 bits per heavy atom. The number of rotatable bonds is 4. The summed E-state index contributed by atoms with van der Waals surface area (Å²) in [5.41, 5.74) is -0.397. The number of likely N-dealkylation sites (tertiary alicyclic amines) is 1. The fourth-order valence-corrected chi connectivity index (χ4v) is 11.2.